The summed E-state index contributed by atoms with van der Waals surface area (Å²) >= 11 is 3.23. The summed E-state index contributed by atoms with van der Waals surface area (Å²) in [5, 5.41) is 2.91. The van der Waals surface area contributed by atoms with Crippen LogP contribution in [0, 0.1) is 18.2 Å². The van der Waals surface area contributed by atoms with Crippen LogP contribution in [0.2, 0.25) is 0 Å². The average Bonchev–Trinajstić information content (AvgIpc) is 2.34. The van der Waals surface area contributed by atoms with Gasteiger partial charge in [-0.3, -0.25) is 5.32 Å². The predicted octanol–water partition coefficient (Wildman–Crippen LogP) is 2.20. The number of carbonyl (C=O) groups excluding carboxylic acids is 1. The molecule has 0 aliphatic carbocycles. The van der Waals surface area contributed by atoms with Crippen LogP contribution < -0.4 is 5.32 Å². The molecule has 18 heavy (non-hydrogen) atoms. The quantitative estimate of drug-likeness (QED) is 0.684. The summed E-state index contributed by atoms with van der Waals surface area (Å²) in [6.07, 6.45) is 5.18. The van der Waals surface area contributed by atoms with E-state index in [0.717, 1.165) is 0 Å². The van der Waals surface area contributed by atoms with Crippen LogP contribution in [0.5, 0.6) is 0 Å². The molecule has 3 nitrogen and oxygen atoms in total. The third-order valence-corrected chi connectivity index (χ3v) is 3.26. The molecule has 1 unspecified atom stereocenters. The number of methoxy groups -OCH3 is 1. The number of esters is 1. The predicted molar refractivity (Wildman–Crippen MR) is 70.3 cm³/mol. The van der Waals surface area contributed by atoms with Crippen LogP contribution >= 0.6 is 15.9 Å². The number of rotatable bonds is 4. The van der Waals surface area contributed by atoms with Gasteiger partial charge in [0.15, 0.2) is 0 Å². The lowest BCUT2D eigenvalue weighted by molar-refractivity contribution is -0.148. The Bertz CT molecular complexity index is 498. The van der Waals surface area contributed by atoms with Crippen molar-refractivity contribution >= 4 is 21.9 Å². The first-order valence-electron chi connectivity index (χ1n) is 5.18. The van der Waals surface area contributed by atoms with E-state index in [0.29, 0.717) is 10.0 Å². The SMILES string of the molecule is C#CCNC(C)(C(=O)OC)c1ccc(F)cc1Br. The molecule has 1 rings (SSSR count). The van der Waals surface area contributed by atoms with E-state index in [4.69, 9.17) is 11.2 Å². The molecule has 0 amide bonds. The summed E-state index contributed by atoms with van der Waals surface area (Å²) in [7, 11) is 1.29. The number of ether oxygens (including phenoxy) is 1. The molecule has 5 heteroatoms. The number of benzene rings is 1. The van der Waals surface area contributed by atoms with Crippen LogP contribution in [-0.4, -0.2) is 19.6 Å². The van der Waals surface area contributed by atoms with Gasteiger partial charge in [0.1, 0.15) is 11.4 Å². The van der Waals surface area contributed by atoms with Gasteiger partial charge in [0, 0.05) is 4.47 Å². The lowest BCUT2D eigenvalue weighted by Crippen LogP contribution is -2.47. The minimum absolute atomic E-state index is 0.190. The van der Waals surface area contributed by atoms with Crippen molar-refractivity contribution in [2.45, 2.75) is 12.5 Å². The van der Waals surface area contributed by atoms with Crippen LogP contribution in [0.1, 0.15) is 12.5 Å². The van der Waals surface area contributed by atoms with Gasteiger partial charge in [-0.2, -0.15) is 0 Å². The van der Waals surface area contributed by atoms with Crippen LogP contribution in [-0.2, 0) is 15.1 Å². The third-order valence-electron chi connectivity index (χ3n) is 2.61. The molecular formula is C13H13BrFNO2. The van der Waals surface area contributed by atoms with Gasteiger partial charge in [0.05, 0.1) is 13.7 Å². The maximum Gasteiger partial charge on any atom is 0.330 e. The smallest absolute Gasteiger partial charge is 0.330 e. The summed E-state index contributed by atoms with van der Waals surface area (Å²) in [6.45, 7) is 1.82. The molecule has 0 saturated heterocycles. The Morgan fingerprint density at radius 2 is 2.33 bits per heavy atom. The van der Waals surface area contributed by atoms with Crippen LogP contribution in [0.15, 0.2) is 22.7 Å². The maximum atomic E-state index is 13.1. The van der Waals surface area contributed by atoms with Crippen LogP contribution in [0.25, 0.3) is 0 Å². The Kier molecular flexibility index (Phi) is 4.88. The highest BCUT2D eigenvalue weighted by Gasteiger charge is 2.37. The molecule has 0 fully saturated rings. The first-order chi connectivity index (χ1) is 8.45. The summed E-state index contributed by atoms with van der Waals surface area (Å²) in [4.78, 5) is 11.9. The van der Waals surface area contributed by atoms with Gasteiger partial charge < -0.3 is 4.74 Å². The lowest BCUT2D eigenvalue weighted by atomic mass is 9.92. The largest absolute Gasteiger partial charge is 0.467 e. The first-order valence-corrected chi connectivity index (χ1v) is 5.97. The van der Waals surface area contributed by atoms with Crippen molar-refractivity contribution in [1.29, 1.82) is 0 Å². The van der Waals surface area contributed by atoms with Gasteiger partial charge in [-0.1, -0.05) is 27.9 Å². The second-order valence-electron chi connectivity index (χ2n) is 3.80. The molecule has 1 aromatic carbocycles. The van der Waals surface area contributed by atoms with Gasteiger partial charge >= 0.3 is 5.97 Å². The zero-order valence-corrected chi connectivity index (χ0v) is 11.7. The molecule has 1 aromatic rings. The normalized spacial score (nSPS) is 13.5. The highest BCUT2D eigenvalue weighted by Crippen LogP contribution is 2.30. The number of halogens is 2. The van der Waals surface area contributed by atoms with Crippen molar-refractivity contribution in [1.82, 2.24) is 5.32 Å². The second kappa shape index (κ2) is 5.98. The van der Waals surface area contributed by atoms with E-state index in [-0.39, 0.29) is 6.54 Å². The molecule has 1 N–H and O–H groups in total. The number of hydrogen-bond donors (Lipinski definition) is 1. The molecule has 0 saturated carbocycles. The Morgan fingerprint density at radius 1 is 1.67 bits per heavy atom. The van der Waals surface area contributed by atoms with Gasteiger partial charge in [0.25, 0.3) is 0 Å². The molecule has 0 aliphatic heterocycles. The maximum absolute atomic E-state index is 13.1. The van der Waals surface area contributed by atoms with Crippen molar-refractivity contribution in [3.05, 3.63) is 34.1 Å². The minimum Gasteiger partial charge on any atom is -0.467 e. The number of nitrogens with one attached hydrogen (secondary N) is 1. The van der Waals surface area contributed by atoms with E-state index < -0.39 is 17.3 Å². The second-order valence-corrected chi connectivity index (χ2v) is 4.65. The average molecular weight is 314 g/mol. The van der Waals surface area contributed by atoms with Crippen LogP contribution in [0.4, 0.5) is 4.39 Å². The van der Waals surface area contributed by atoms with Gasteiger partial charge in [-0.15, -0.1) is 6.42 Å². The highest BCUT2D eigenvalue weighted by atomic mass is 79.9. The Hall–Kier alpha value is -1.38. The minimum atomic E-state index is -1.13. The fourth-order valence-electron chi connectivity index (χ4n) is 1.60. The molecule has 0 aliphatic rings. The summed E-state index contributed by atoms with van der Waals surface area (Å²) in [5.74, 6) is 1.51. The lowest BCUT2D eigenvalue weighted by Gasteiger charge is -2.28. The molecule has 0 aromatic heterocycles. The molecule has 96 valence electrons. The van der Waals surface area contributed by atoms with Gasteiger partial charge in [-0.05, 0) is 24.6 Å². The van der Waals surface area contributed by atoms with E-state index >= 15 is 0 Å². The van der Waals surface area contributed by atoms with E-state index in [1.165, 1.54) is 25.3 Å². The summed E-state index contributed by atoms with van der Waals surface area (Å²) < 4.78 is 18.3. The van der Waals surface area contributed by atoms with Gasteiger partial charge in [0.2, 0.25) is 0 Å². The van der Waals surface area contributed by atoms with Crippen molar-refractivity contribution in [3.63, 3.8) is 0 Å². The summed E-state index contributed by atoms with van der Waals surface area (Å²) in [6, 6.07) is 4.08. The van der Waals surface area contributed by atoms with E-state index in [1.54, 1.807) is 6.92 Å². The fraction of sp³-hybridized carbons (Fsp3) is 0.308. The highest BCUT2D eigenvalue weighted by molar-refractivity contribution is 9.10. The molecular weight excluding hydrogens is 301 g/mol. The molecule has 0 bridgehead atoms. The number of hydrogen-bond acceptors (Lipinski definition) is 3. The van der Waals surface area contributed by atoms with E-state index in [9.17, 15) is 9.18 Å². The molecule has 0 radical (unpaired) electrons. The number of carbonyl (C=O) groups is 1. The van der Waals surface area contributed by atoms with E-state index in [2.05, 4.69) is 27.2 Å². The third kappa shape index (κ3) is 2.89. The molecule has 0 heterocycles. The Labute approximate surface area is 114 Å². The fourth-order valence-corrected chi connectivity index (χ4v) is 2.35. The van der Waals surface area contributed by atoms with E-state index in [1.807, 2.05) is 0 Å². The molecule has 0 spiro atoms. The van der Waals surface area contributed by atoms with Crippen LogP contribution in [0.3, 0.4) is 0 Å². The molecule has 1 atom stereocenters. The van der Waals surface area contributed by atoms with Crippen molar-refractivity contribution in [2.24, 2.45) is 0 Å². The zero-order valence-electron chi connectivity index (χ0n) is 10.1. The Morgan fingerprint density at radius 3 is 2.83 bits per heavy atom. The number of terminal acetylenes is 1. The standard InChI is InChI=1S/C13H13BrFNO2/c1-4-7-16-13(2,12(17)18-3)10-6-5-9(15)8-11(10)14/h1,5-6,8,16H,7H2,2-3H3. The monoisotopic (exact) mass is 313 g/mol. The zero-order chi connectivity index (χ0) is 13.8. The van der Waals surface area contributed by atoms with Gasteiger partial charge in [-0.25, -0.2) is 9.18 Å². The topological polar surface area (TPSA) is 38.3 Å². The van der Waals surface area contributed by atoms with Crippen molar-refractivity contribution in [3.8, 4) is 12.3 Å². The van der Waals surface area contributed by atoms with Crippen molar-refractivity contribution < 1.29 is 13.9 Å². The summed E-state index contributed by atoms with van der Waals surface area (Å²) in [5.41, 5.74) is -0.570. The first kappa shape index (κ1) is 14.7. The Balaban J connectivity index is 3.25. The van der Waals surface area contributed by atoms with Crippen molar-refractivity contribution in [2.75, 3.05) is 13.7 Å².